The third-order valence-corrected chi connectivity index (χ3v) is 3.79. The third-order valence-electron chi connectivity index (χ3n) is 3.28. The van der Waals surface area contributed by atoms with Gasteiger partial charge < -0.3 is 10.1 Å². The van der Waals surface area contributed by atoms with Crippen LogP contribution in [0, 0.1) is 5.92 Å². The molecular formula is C11H18ClNO2. The summed E-state index contributed by atoms with van der Waals surface area (Å²) in [5.41, 5.74) is -0.203. The summed E-state index contributed by atoms with van der Waals surface area (Å²) in [5, 5.41) is 3.10. The van der Waals surface area contributed by atoms with Crippen molar-refractivity contribution in [2.24, 2.45) is 5.92 Å². The van der Waals surface area contributed by atoms with Crippen LogP contribution in [0.4, 0.5) is 0 Å². The molecule has 0 bridgehead atoms. The first-order valence-electron chi connectivity index (χ1n) is 5.69. The van der Waals surface area contributed by atoms with Crippen LogP contribution in [0.15, 0.2) is 0 Å². The van der Waals surface area contributed by atoms with Gasteiger partial charge in [0.1, 0.15) is 0 Å². The van der Waals surface area contributed by atoms with Crippen LogP contribution in [0.25, 0.3) is 0 Å². The molecule has 1 aliphatic heterocycles. The lowest BCUT2D eigenvalue weighted by Crippen LogP contribution is -2.53. The molecule has 1 saturated heterocycles. The summed E-state index contributed by atoms with van der Waals surface area (Å²) in [6.07, 6.45) is 4.79. The van der Waals surface area contributed by atoms with E-state index >= 15 is 0 Å². The van der Waals surface area contributed by atoms with E-state index < -0.39 is 0 Å². The molecule has 1 aliphatic carbocycles. The molecule has 0 aromatic heterocycles. The first kappa shape index (κ1) is 11.2. The van der Waals surface area contributed by atoms with Crippen LogP contribution < -0.4 is 5.32 Å². The van der Waals surface area contributed by atoms with Gasteiger partial charge in [-0.1, -0.05) is 0 Å². The standard InChI is InChI=1S/C11H18ClNO2/c12-8-11(3-5-15-6-4-11)13-10(14)7-9-1-2-9/h9H,1-8H2,(H,13,14). The smallest absolute Gasteiger partial charge is 0.220 e. The number of nitrogens with one attached hydrogen (secondary N) is 1. The molecule has 0 aromatic carbocycles. The minimum absolute atomic E-state index is 0.167. The Morgan fingerprint density at radius 3 is 2.60 bits per heavy atom. The molecule has 2 aliphatic rings. The van der Waals surface area contributed by atoms with E-state index in [0.717, 1.165) is 12.8 Å². The van der Waals surface area contributed by atoms with E-state index in [4.69, 9.17) is 16.3 Å². The highest BCUT2D eigenvalue weighted by molar-refractivity contribution is 6.18. The summed E-state index contributed by atoms with van der Waals surface area (Å²) in [5.74, 6) is 1.30. The maximum absolute atomic E-state index is 11.7. The van der Waals surface area contributed by atoms with Gasteiger partial charge in [-0.2, -0.15) is 0 Å². The Bertz CT molecular complexity index is 235. The molecule has 0 spiro atoms. The van der Waals surface area contributed by atoms with Crippen molar-refractivity contribution in [1.29, 1.82) is 0 Å². The number of hydrogen-bond acceptors (Lipinski definition) is 2. The molecule has 2 fully saturated rings. The monoisotopic (exact) mass is 231 g/mol. The van der Waals surface area contributed by atoms with Crippen molar-refractivity contribution < 1.29 is 9.53 Å². The third kappa shape index (κ3) is 3.08. The fraction of sp³-hybridized carbons (Fsp3) is 0.909. The minimum Gasteiger partial charge on any atom is -0.381 e. The second kappa shape index (κ2) is 4.71. The van der Waals surface area contributed by atoms with Gasteiger partial charge in [-0.15, -0.1) is 11.6 Å². The van der Waals surface area contributed by atoms with Crippen molar-refractivity contribution in [3.05, 3.63) is 0 Å². The first-order valence-corrected chi connectivity index (χ1v) is 6.22. The number of alkyl halides is 1. The molecule has 0 atom stereocenters. The quantitative estimate of drug-likeness (QED) is 0.748. The highest BCUT2D eigenvalue weighted by atomic mass is 35.5. The molecule has 1 N–H and O–H groups in total. The molecule has 1 heterocycles. The Labute approximate surface area is 95.5 Å². The van der Waals surface area contributed by atoms with E-state index in [1.165, 1.54) is 12.8 Å². The van der Waals surface area contributed by atoms with Crippen LogP contribution in [0.5, 0.6) is 0 Å². The molecule has 86 valence electrons. The van der Waals surface area contributed by atoms with Crippen molar-refractivity contribution in [3.63, 3.8) is 0 Å². The van der Waals surface area contributed by atoms with Crippen molar-refractivity contribution in [2.75, 3.05) is 19.1 Å². The Balaban J connectivity index is 1.84. The number of carbonyl (C=O) groups is 1. The molecule has 1 amide bonds. The number of rotatable bonds is 4. The maximum atomic E-state index is 11.7. The lowest BCUT2D eigenvalue weighted by Gasteiger charge is -2.36. The molecule has 0 radical (unpaired) electrons. The average molecular weight is 232 g/mol. The molecule has 0 unspecified atom stereocenters. The van der Waals surface area contributed by atoms with Gasteiger partial charge in [0.15, 0.2) is 0 Å². The van der Waals surface area contributed by atoms with Gasteiger partial charge in [-0.25, -0.2) is 0 Å². The number of hydrogen-bond donors (Lipinski definition) is 1. The van der Waals surface area contributed by atoms with Gasteiger partial charge in [0, 0.05) is 25.5 Å². The predicted octanol–water partition coefficient (Wildman–Crippen LogP) is 1.69. The van der Waals surface area contributed by atoms with E-state index in [1.807, 2.05) is 0 Å². The van der Waals surface area contributed by atoms with E-state index in [9.17, 15) is 4.79 Å². The fourth-order valence-electron chi connectivity index (χ4n) is 1.99. The highest BCUT2D eigenvalue weighted by Gasteiger charge is 2.34. The van der Waals surface area contributed by atoms with Crippen LogP contribution in [0.1, 0.15) is 32.1 Å². The van der Waals surface area contributed by atoms with Gasteiger partial charge in [0.2, 0.25) is 5.91 Å². The maximum Gasteiger partial charge on any atom is 0.220 e. The summed E-state index contributed by atoms with van der Waals surface area (Å²) in [7, 11) is 0. The normalized spacial score (nSPS) is 24.9. The van der Waals surface area contributed by atoms with Gasteiger partial charge >= 0.3 is 0 Å². The molecule has 15 heavy (non-hydrogen) atoms. The SMILES string of the molecule is O=C(CC1CC1)NC1(CCl)CCOCC1. The molecular weight excluding hydrogens is 214 g/mol. The van der Waals surface area contributed by atoms with Crippen LogP contribution in [0.2, 0.25) is 0 Å². The summed E-state index contributed by atoms with van der Waals surface area (Å²) in [6.45, 7) is 1.41. The number of amides is 1. The lowest BCUT2D eigenvalue weighted by molar-refractivity contribution is -0.124. The predicted molar refractivity (Wildman–Crippen MR) is 59.0 cm³/mol. The molecule has 1 saturated carbocycles. The fourth-order valence-corrected chi connectivity index (χ4v) is 2.32. The van der Waals surface area contributed by atoms with Crippen LogP contribution in [0.3, 0.4) is 0 Å². The van der Waals surface area contributed by atoms with Crippen molar-refractivity contribution >= 4 is 17.5 Å². The van der Waals surface area contributed by atoms with E-state index in [-0.39, 0.29) is 11.4 Å². The van der Waals surface area contributed by atoms with Crippen LogP contribution >= 0.6 is 11.6 Å². The largest absolute Gasteiger partial charge is 0.381 e. The molecule has 4 heteroatoms. The summed E-state index contributed by atoms with van der Waals surface area (Å²) in [6, 6.07) is 0. The molecule has 3 nitrogen and oxygen atoms in total. The highest BCUT2D eigenvalue weighted by Crippen LogP contribution is 2.32. The van der Waals surface area contributed by atoms with Gasteiger partial charge in [-0.3, -0.25) is 4.79 Å². The summed E-state index contributed by atoms with van der Waals surface area (Å²) in [4.78, 5) is 11.7. The van der Waals surface area contributed by atoms with Crippen LogP contribution in [-0.4, -0.2) is 30.5 Å². The molecule has 2 rings (SSSR count). The minimum atomic E-state index is -0.203. The van der Waals surface area contributed by atoms with E-state index in [2.05, 4.69) is 5.32 Å². The van der Waals surface area contributed by atoms with Gasteiger partial charge in [0.25, 0.3) is 0 Å². The zero-order valence-corrected chi connectivity index (χ0v) is 9.68. The zero-order valence-electron chi connectivity index (χ0n) is 8.93. The number of halogens is 1. The topological polar surface area (TPSA) is 38.3 Å². The second-order valence-corrected chi connectivity index (χ2v) is 4.99. The van der Waals surface area contributed by atoms with E-state index in [1.54, 1.807) is 0 Å². The van der Waals surface area contributed by atoms with Gasteiger partial charge in [0.05, 0.1) is 5.54 Å². The van der Waals surface area contributed by atoms with Crippen molar-refractivity contribution in [2.45, 2.75) is 37.6 Å². The molecule has 0 aromatic rings. The average Bonchev–Trinajstić information content (AvgIpc) is 3.03. The number of carbonyl (C=O) groups excluding carboxylic acids is 1. The Morgan fingerprint density at radius 2 is 2.07 bits per heavy atom. The summed E-state index contributed by atoms with van der Waals surface area (Å²) >= 11 is 5.96. The van der Waals surface area contributed by atoms with Gasteiger partial charge in [-0.05, 0) is 31.6 Å². The number of ether oxygens (including phenoxy) is 1. The Kier molecular flexibility index (Phi) is 3.52. The summed E-state index contributed by atoms with van der Waals surface area (Å²) < 4.78 is 5.29. The Hall–Kier alpha value is -0.280. The van der Waals surface area contributed by atoms with Crippen molar-refractivity contribution in [1.82, 2.24) is 5.32 Å². The zero-order chi connectivity index (χ0) is 10.7. The Morgan fingerprint density at radius 1 is 1.40 bits per heavy atom. The van der Waals surface area contributed by atoms with Crippen LogP contribution in [-0.2, 0) is 9.53 Å². The second-order valence-electron chi connectivity index (χ2n) is 4.72. The first-order chi connectivity index (χ1) is 7.24. The lowest BCUT2D eigenvalue weighted by atomic mass is 9.92. The van der Waals surface area contributed by atoms with E-state index in [0.29, 0.717) is 31.4 Å². The van der Waals surface area contributed by atoms with Crippen molar-refractivity contribution in [3.8, 4) is 0 Å².